The van der Waals surface area contributed by atoms with E-state index in [-0.39, 0.29) is 11.7 Å². The molecule has 0 unspecified atom stereocenters. The molecule has 3 N–H and O–H groups in total. The quantitative estimate of drug-likeness (QED) is 0.689. The molecule has 1 aromatic heterocycles. The molecule has 2 rings (SSSR count). The van der Waals surface area contributed by atoms with Crippen molar-refractivity contribution in [2.24, 2.45) is 0 Å². The van der Waals surface area contributed by atoms with E-state index in [9.17, 15) is 9.90 Å². The number of aromatic hydroxyl groups is 1. The zero-order valence-electron chi connectivity index (χ0n) is 12.3. The predicted octanol–water partition coefficient (Wildman–Crippen LogP) is 2.98. The van der Waals surface area contributed by atoms with Crippen molar-refractivity contribution in [3.8, 4) is 5.75 Å². The van der Waals surface area contributed by atoms with Crippen LogP contribution in [0.2, 0.25) is 0 Å². The summed E-state index contributed by atoms with van der Waals surface area (Å²) in [6, 6.07) is 10.8. The average molecular weight is 364 g/mol. The van der Waals surface area contributed by atoms with Gasteiger partial charge in [-0.1, -0.05) is 15.9 Å². The van der Waals surface area contributed by atoms with Gasteiger partial charge in [-0.25, -0.2) is 0 Å². The smallest absolute Gasteiger partial charge is 0.225 e. The first-order valence-corrected chi connectivity index (χ1v) is 7.75. The summed E-state index contributed by atoms with van der Waals surface area (Å²) < 4.78 is 0.970. The van der Waals surface area contributed by atoms with Crippen molar-refractivity contribution in [1.82, 2.24) is 10.3 Å². The van der Waals surface area contributed by atoms with Crippen molar-refractivity contribution >= 4 is 27.5 Å². The summed E-state index contributed by atoms with van der Waals surface area (Å²) in [5.74, 6) is 0.105. The number of nitrogens with zero attached hydrogens (tertiary/aromatic N) is 1. The summed E-state index contributed by atoms with van der Waals surface area (Å²) in [5.41, 5.74) is 2.21. The van der Waals surface area contributed by atoms with Gasteiger partial charge in [0.15, 0.2) is 0 Å². The van der Waals surface area contributed by atoms with E-state index in [0.717, 1.165) is 15.9 Å². The number of hydrogen-bond acceptors (Lipinski definition) is 4. The topological polar surface area (TPSA) is 74.2 Å². The summed E-state index contributed by atoms with van der Waals surface area (Å²) in [4.78, 5) is 16.0. The van der Waals surface area contributed by atoms with E-state index < -0.39 is 0 Å². The largest absolute Gasteiger partial charge is 0.506 e. The molecule has 0 saturated heterocycles. The zero-order chi connectivity index (χ0) is 15.9. The Morgan fingerprint density at radius 3 is 2.68 bits per heavy atom. The van der Waals surface area contributed by atoms with Crippen LogP contribution in [-0.4, -0.2) is 22.5 Å². The average Bonchev–Trinajstić information content (AvgIpc) is 2.49. The van der Waals surface area contributed by atoms with Crippen LogP contribution in [0.1, 0.15) is 17.8 Å². The third-order valence-electron chi connectivity index (χ3n) is 3.04. The van der Waals surface area contributed by atoms with Gasteiger partial charge in [0.1, 0.15) is 5.75 Å². The lowest BCUT2D eigenvalue weighted by atomic mass is 10.2. The van der Waals surface area contributed by atoms with Crippen molar-refractivity contribution in [2.75, 3.05) is 11.9 Å². The van der Waals surface area contributed by atoms with Gasteiger partial charge in [0.05, 0.1) is 5.69 Å². The molecular formula is C16H18BrN3O2. The monoisotopic (exact) mass is 363 g/mol. The third kappa shape index (κ3) is 5.13. The van der Waals surface area contributed by atoms with Crippen molar-refractivity contribution < 1.29 is 9.90 Å². The lowest BCUT2D eigenvalue weighted by Gasteiger charge is -2.08. The van der Waals surface area contributed by atoms with Crippen LogP contribution in [0, 0.1) is 6.92 Å². The lowest BCUT2D eigenvalue weighted by Crippen LogP contribution is -2.22. The lowest BCUT2D eigenvalue weighted by molar-refractivity contribution is -0.116. The molecule has 1 aromatic carbocycles. The Hall–Kier alpha value is -1.92. The summed E-state index contributed by atoms with van der Waals surface area (Å²) in [6.45, 7) is 2.81. The minimum Gasteiger partial charge on any atom is -0.506 e. The van der Waals surface area contributed by atoms with Gasteiger partial charge in [-0.3, -0.25) is 9.78 Å². The molecule has 22 heavy (non-hydrogen) atoms. The number of carbonyl (C=O) groups is 1. The number of anilines is 1. The standard InChI is InChI=1S/C16H18BrN3O2/c1-11-2-7-15(21)14(19-11)10-18-9-8-16(22)20-13-5-3-12(17)4-6-13/h2-7,18,21H,8-10H2,1H3,(H,20,22). The van der Waals surface area contributed by atoms with Crippen LogP contribution in [0.3, 0.4) is 0 Å². The maximum absolute atomic E-state index is 11.8. The number of hydrogen-bond donors (Lipinski definition) is 3. The molecule has 1 amide bonds. The second-order valence-corrected chi connectivity index (χ2v) is 5.82. The molecule has 0 fully saturated rings. The molecule has 0 aliphatic carbocycles. The highest BCUT2D eigenvalue weighted by Crippen LogP contribution is 2.15. The molecule has 0 radical (unpaired) electrons. The number of aromatic nitrogens is 1. The Kier molecular flexibility index (Phi) is 5.91. The third-order valence-corrected chi connectivity index (χ3v) is 3.57. The molecule has 2 aromatic rings. The minimum absolute atomic E-state index is 0.0590. The molecular weight excluding hydrogens is 346 g/mol. The zero-order valence-corrected chi connectivity index (χ0v) is 13.9. The highest BCUT2D eigenvalue weighted by Gasteiger charge is 2.05. The van der Waals surface area contributed by atoms with Crippen LogP contribution in [0.4, 0.5) is 5.69 Å². The van der Waals surface area contributed by atoms with Crippen molar-refractivity contribution in [1.29, 1.82) is 0 Å². The molecule has 116 valence electrons. The van der Waals surface area contributed by atoms with Gasteiger partial charge in [0.2, 0.25) is 5.91 Å². The van der Waals surface area contributed by atoms with E-state index in [2.05, 4.69) is 31.5 Å². The van der Waals surface area contributed by atoms with E-state index >= 15 is 0 Å². The number of amides is 1. The normalized spacial score (nSPS) is 10.5. The number of carbonyl (C=O) groups excluding carboxylic acids is 1. The van der Waals surface area contributed by atoms with E-state index in [4.69, 9.17) is 0 Å². The number of rotatable bonds is 6. The van der Waals surface area contributed by atoms with Gasteiger partial charge in [-0.05, 0) is 43.3 Å². The van der Waals surface area contributed by atoms with Crippen LogP contribution in [-0.2, 0) is 11.3 Å². The Balaban J connectivity index is 1.73. The molecule has 0 saturated carbocycles. The first-order chi connectivity index (χ1) is 10.5. The Morgan fingerprint density at radius 2 is 1.95 bits per heavy atom. The fourth-order valence-electron chi connectivity index (χ4n) is 1.90. The van der Waals surface area contributed by atoms with Gasteiger partial charge in [-0.15, -0.1) is 0 Å². The van der Waals surface area contributed by atoms with Crippen molar-refractivity contribution in [3.05, 3.63) is 52.3 Å². The van der Waals surface area contributed by atoms with E-state index in [1.54, 1.807) is 12.1 Å². The molecule has 6 heteroatoms. The summed E-state index contributed by atoms with van der Waals surface area (Å²) in [5, 5.41) is 15.6. The van der Waals surface area contributed by atoms with E-state index in [1.807, 2.05) is 31.2 Å². The summed E-state index contributed by atoms with van der Waals surface area (Å²) in [6.07, 6.45) is 0.350. The van der Waals surface area contributed by atoms with Crippen LogP contribution in [0.25, 0.3) is 0 Å². The van der Waals surface area contributed by atoms with Crippen LogP contribution < -0.4 is 10.6 Å². The SMILES string of the molecule is Cc1ccc(O)c(CNCCC(=O)Nc2ccc(Br)cc2)n1. The molecule has 0 spiro atoms. The van der Waals surface area contributed by atoms with Gasteiger partial charge in [0.25, 0.3) is 0 Å². The molecule has 5 nitrogen and oxygen atoms in total. The minimum atomic E-state index is -0.0590. The van der Waals surface area contributed by atoms with Gasteiger partial charge >= 0.3 is 0 Å². The van der Waals surface area contributed by atoms with E-state index in [0.29, 0.717) is 25.2 Å². The fourth-order valence-corrected chi connectivity index (χ4v) is 2.16. The molecule has 0 atom stereocenters. The maximum Gasteiger partial charge on any atom is 0.225 e. The second-order valence-electron chi connectivity index (χ2n) is 4.90. The first kappa shape index (κ1) is 16.5. The number of benzene rings is 1. The highest BCUT2D eigenvalue weighted by molar-refractivity contribution is 9.10. The van der Waals surface area contributed by atoms with Gasteiger partial charge in [-0.2, -0.15) is 0 Å². The molecule has 0 aliphatic heterocycles. The number of nitrogens with one attached hydrogen (secondary N) is 2. The predicted molar refractivity (Wildman–Crippen MR) is 89.7 cm³/mol. The van der Waals surface area contributed by atoms with Crippen LogP contribution in [0.5, 0.6) is 5.75 Å². The molecule has 0 aliphatic rings. The summed E-state index contributed by atoms with van der Waals surface area (Å²) in [7, 11) is 0. The molecule has 1 heterocycles. The highest BCUT2D eigenvalue weighted by atomic mass is 79.9. The maximum atomic E-state index is 11.8. The van der Waals surface area contributed by atoms with Crippen molar-refractivity contribution in [2.45, 2.75) is 19.9 Å². The van der Waals surface area contributed by atoms with Gasteiger partial charge < -0.3 is 15.7 Å². The number of halogens is 1. The molecule has 0 bridgehead atoms. The number of aryl methyl sites for hydroxylation is 1. The van der Waals surface area contributed by atoms with Crippen LogP contribution in [0.15, 0.2) is 40.9 Å². The Bertz CT molecular complexity index is 644. The van der Waals surface area contributed by atoms with E-state index in [1.165, 1.54) is 0 Å². The Labute approximate surface area is 137 Å². The summed E-state index contributed by atoms with van der Waals surface area (Å²) >= 11 is 3.35. The van der Waals surface area contributed by atoms with Crippen LogP contribution >= 0.6 is 15.9 Å². The van der Waals surface area contributed by atoms with Gasteiger partial charge in [0, 0.05) is 35.4 Å². The first-order valence-electron chi connectivity index (χ1n) is 6.96. The Morgan fingerprint density at radius 1 is 1.23 bits per heavy atom. The van der Waals surface area contributed by atoms with Crippen molar-refractivity contribution in [3.63, 3.8) is 0 Å². The second kappa shape index (κ2) is 7.91. The number of pyridine rings is 1. The fraction of sp³-hybridized carbons (Fsp3) is 0.250.